The molecule has 1 amide bonds. The molecule has 1 saturated heterocycles. The molecule has 0 aliphatic carbocycles. The molecule has 26 heavy (non-hydrogen) atoms. The zero-order valence-electron chi connectivity index (χ0n) is 14.6. The molecule has 1 fully saturated rings. The van der Waals surface area contributed by atoms with E-state index in [1.165, 1.54) is 5.00 Å². The third-order valence-electron chi connectivity index (χ3n) is 3.86. The van der Waals surface area contributed by atoms with Crippen molar-refractivity contribution in [2.24, 2.45) is 5.10 Å². The first-order valence-corrected chi connectivity index (χ1v) is 9.19. The number of amides is 1. The van der Waals surface area contributed by atoms with E-state index >= 15 is 0 Å². The second-order valence-corrected chi connectivity index (χ2v) is 6.72. The van der Waals surface area contributed by atoms with Crippen molar-refractivity contribution in [1.29, 1.82) is 0 Å². The molecule has 3 rings (SSSR count). The van der Waals surface area contributed by atoms with Crippen LogP contribution < -0.4 is 20.4 Å². The van der Waals surface area contributed by atoms with Crippen LogP contribution in [0.4, 0.5) is 10.7 Å². The number of methoxy groups -OCH3 is 1. The molecule has 0 bridgehead atoms. The van der Waals surface area contributed by atoms with Gasteiger partial charge in [0.05, 0.1) is 43.8 Å². The summed E-state index contributed by atoms with van der Waals surface area (Å²) in [6.45, 7) is 3.44. The van der Waals surface area contributed by atoms with Crippen molar-refractivity contribution in [3.05, 3.63) is 41.3 Å². The number of ether oxygens (including phenoxy) is 2. The number of rotatable bonds is 7. The van der Waals surface area contributed by atoms with Crippen molar-refractivity contribution >= 4 is 34.1 Å². The van der Waals surface area contributed by atoms with Gasteiger partial charge in [-0.2, -0.15) is 5.10 Å². The van der Waals surface area contributed by atoms with Crippen molar-refractivity contribution in [1.82, 2.24) is 5.43 Å². The number of carbonyl (C=O) groups is 1. The first kappa shape index (κ1) is 18.2. The summed E-state index contributed by atoms with van der Waals surface area (Å²) >= 11 is 1.64. The normalized spacial score (nSPS) is 14.4. The van der Waals surface area contributed by atoms with Gasteiger partial charge >= 0.3 is 0 Å². The summed E-state index contributed by atoms with van der Waals surface area (Å²) in [6, 6.07) is 11.5. The monoisotopic (exact) mass is 374 g/mol. The summed E-state index contributed by atoms with van der Waals surface area (Å²) < 4.78 is 10.6. The van der Waals surface area contributed by atoms with Crippen LogP contribution >= 0.6 is 11.3 Å². The smallest absolute Gasteiger partial charge is 0.259 e. The molecular formula is C18H22N4O3S. The van der Waals surface area contributed by atoms with Crippen molar-refractivity contribution < 1.29 is 14.3 Å². The molecule has 0 spiro atoms. The molecule has 2 heterocycles. The van der Waals surface area contributed by atoms with Gasteiger partial charge in [-0.15, -0.1) is 11.3 Å². The van der Waals surface area contributed by atoms with Crippen LogP contribution in [0.5, 0.6) is 5.75 Å². The Morgan fingerprint density at radius 2 is 2.12 bits per heavy atom. The first-order chi connectivity index (χ1) is 12.8. The number of thiophene rings is 1. The van der Waals surface area contributed by atoms with Crippen molar-refractivity contribution in [2.45, 2.75) is 0 Å². The van der Waals surface area contributed by atoms with Crippen LogP contribution in [0, 0.1) is 0 Å². The van der Waals surface area contributed by atoms with Gasteiger partial charge in [0.25, 0.3) is 5.91 Å². The van der Waals surface area contributed by atoms with Crippen LogP contribution in [0.15, 0.2) is 41.5 Å². The highest BCUT2D eigenvalue weighted by Gasteiger charge is 2.12. The van der Waals surface area contributed by atoms with Crippen LogP contribution in [-0.2, 0) is 9.53 Å². The Kier molecular flexibility index (Phi) is 6.45. The van der Waals surface area contributed by atoms with E-state index in [2.05, 4.69) is 26.8 Å². The van der Waals surface area contributed by atoms with Crippen LogP contribution in [0.25, 0.3) is 0 Å². The van der Waals surface area contributed by atoms with E-state index in [9.17, 15) is 4.79 Å². The fourth-order valence-electron chi connectivity index (χ4n) is 2.54. The lowest BCUT2D eigenvalue weighted by Gasteiger charge is -2.27. The minimum Gasteiger partial charge on any atom is -0.495 e. The minimum atomic E-state index is -0.225. The Morgan fingerprint density at radius 1 is 1.31 bits per heavy atom. The summed E-state index contributed by atoms with van der Waals surface area (Å²) in [5, 5.41) is 8.25. The van der Waals surface area contributed by atoms with Crippen molar-refractivity contribution in [2.75, 3.05) is 50.2 Å². The topological polar surface area (TPSA) is 75.2 Å². The summed E-state index contributed by atoms with van der Waals surface area (Å²) in [7, 11) is 1.59. The van der Waals surface area contributed by atoms with Gasteiger partial charge in [-0.1, -0.05) is 12.1 Å². The van der Waals surface area contributed by atoms with E-state index in [1.54, 1.807) is 24.7 Å². The molecule has 138 valence electrons. The van der Waals surface area contributed by atoms with Crippen molar-refractivity contribution in [3.63, 3.8) is 0 Å². The number of hydrazone groups is 1. The number of benzene rings is 1. The molecule has 2 N–H and O–H groups in total. The molecule has 7 nitrogen and oxygen atoms in total. The van der Waals surface area contributed by atoms with Gasteiger partial charge in [0.1, 0.15) is 5.75 Å². The van der Waals surface area contributed by atoms with E-state index < -0.39 is 0 Å². The van der Waals surface area contributed by atoms with Crippen LogP contribution in [0.3, 0.4) is 0 Å². The highest BCUT2D eigenvalue weighted by molar-refractivity contribution is 7.17. The zero-order chi connectivity index (χ0) is 18.2. The second kappa shape index (κ2) is 9.21. The number of nitrogens with zero attached hydrogens (tertiary/aromatic N) is 2. The zero-order valence-corrected chi connectivity index (χ0v) is 15.4. The van der Waals surface area contributed by atoms with Gasteiger partial charge in [-0.05, 0) is 24.3 Å². The molecule has 1 aromatic carbocycles. The minimum absolute atomic E-state index is 0.112. The number of para-hydroxylation sites is 2. The Labute approximate surface area is 156 Å². The fraction of sp³-hybridized carbons (Fsp3) is 0.333. The average molecular weight is 374 g/mol. The van der Waals surface area contributed by atoms with E-state index in [0.717, 1.165) is 36.9 Å². The molecule has 1 aliphatic heterocycles. The van der Waals surface area contributed by atoms with Crippen LogP contribution in [0.1, 0.15) is 4.88 Å². The highest BCUT2D eigenvalue weighted by atomic mass is 32.1. The molecule has 0 atom stereocenters. The lowest BCUT2D eigenvalue weighted by atomic mass is 10.3. The molecule has 0 saturated carbocycles. The van der Waals surface area contributed by atoms with Crippen LogP contribution in [-0.4, -0.2) is 52.1 Å². The van der Waals surface area contributed by atoms with Gasteiger partial charge in [0, 0.05) is 18.0 Å². The predicted molar refractivity (Wildman–Crippen MR) is 105 cm³/mol. The number of anilines is 2. The maximum atomic E-state index is 11.9. The standard InChI is InChI=1S/C18H22N4O3S/c1-24-16-5-3-2-4-15(16)19-13-17(23)21-20-12-14-6-7-18(26-14)22-8-10-25-11-9-22/h2-7,12,19H,8-11,13H2,1H3,(H,21,23)/b20-12+. The summed E-state index contributed by atoms with van der Waals surface area (Å²) in [5.41, 5.74) is 3.29. The molecule has 1 aliphatic rings. The lowest BCUT2D eigenvalue weighted by Crippen LogP contribution is -2.35. The Balaban J connectivity index is 1.46. The third kappa shape index (κ3) is 4.96. The summed E-state index contributed by atoms with van der Waals surface area (Å²) in [6.07, 6.45) is 1.66. The quantitative estimate of drug-likeness (QED) is 0.574. The van der Waals surface area contributed by atoms with Gasteiger partial charge in [0.2, 0.25) is 0 Å². The van der Waals surface area contributed by atoms with E-state index in [-0.39, 0.29) is 12.5 Å². The first-order valence-electron chi connectivity index (χ1n) is 8.37. The second-order valence-electron chi connectivity index (χ2n) is 5.62. The molecule has 2 aromatic rings. The maximum Gasteiger partial charge on any atom is 0.259 e. The Hall–Kier alpha value is -2.58. The van der Waals surface area contributed by atoms with E-state index in [4.69, 9.17) is 9.47 Å². The van der Waals surface area contributed by atoms with Gasteiger partial charge in [-0.25, -0.2) is 5.43 Å². The predicted octanol–water partition coefficient (Wildman–Crippen LogP) is 2.16. The van der Waals surface area contributed by atoms with E-state index in [0.29, 0.717) is 5.75 Å². The number of morpholine rings is 1. The maximum absolute atomic E-state index is 11.9. The van der Waals surface area contributed by atoms with E-state index in [1.807, 2.05) is 30.3 Å². The Bertz CT molecular complexity index is 756. The number of hydrogen-bond donors (Lipinski definition) is 2. The molecule has 0 radical (unpaired) electrons. The molecule has 0 unspecified atom stereocenters. The number of nitrogens with one attached hydrogen (secondary N) is 2. The SMILES string of the molecule is COc1ccccc1NCC(=O)N/N=C/c1ccc(N2CCOCC2)s1. The highest BCUT2D eigenvalue weighted by Crippen LogP contribution is 2.25. The van der Waals surface area contributed by atoms with Crippen molar-refractivity contribution in [3.8, 4) is 5.75 Å². The average Bonchev–Trinajstić information content (AvgIpc) is 3.16. The summed E-state index contributed by atoms with van der Waals surface area (Å²) in [5.74, 6) is 0.468. The molecule has 8 heteroatoms. The van der Waals surface area contributed by atoms with Gasteiger partial charge in [-0.3, -0.25) is 4.79 Å². The fourth-order valence-corrected chi connectivity index (χ4v) is 3.47. The lowest BCUT2D eigenvalue weighted by molar-refractivity contribution is -0.119. The van der Waals surface area contributed by atoms with Gasteiger partial charge < -0.3 is 19.7 Å². The number of hydrogen-bond acceptors (Lipinski definition) is 7. The Morgan fingerprint density at radius 3 is 2.92 bits per heavy atom. The number of carbonyl (C=O) groups excluding carboxylic acids is 1. The van der Waals surface area contributed by atoms with Gasteiger partial charge in [0.15, 0.2) is 0 Å². The van der Waals surface area contributed by atoms with Crippen LogP contribution in [0.2, 0.25) is 0 Å². The molecule has 1 aromatic heterocycles. The summed E-state index contributed by atoms with van der Waals surface area (Å²) in [4.78, 5) is 15.2. The molecular weight excluding hydrogens is 352 g/mol. The third-order valence-corrected chi connectivity index (χ3v) is 4.94. The largest absolute Gasteiger partial charge is 0.495 e.